The highest BCUT2D eigenvalue weighted by atomic mass is 35.5. The topological polar surface area (TPSA) is 32.7 Å². The van der Waals surface area contributed by atoms with Crippen molar-refractivity contribution in [3.63, 3.8) is 0 Å². The standard InChI is InChI=1S/C20H31NO2.ClH/c1-2-21(18-9-4-3-5-10-18)14-19(22)15-23-20-12-11-16-7-6-8-17(16)13-20;/h11-13,18-19,22H,2-10,14-15H2,1H3;1H. The Labute approximate surface area is 152 Å². The summed E-state index contributed by atoms with van der Waals surface area (Å²) in [5.41, 5.74) is 2.89. The molecule has 3 rings (SSSR count). The summed E-state index contributed by atoms with van der Waals surface area (Å²) in [6, 6.07) is 7.05. The van der Waals surface area contributed by atoms with Crippen LogP contribution in [0.15, 0.2) is 18.2 Å². The second kappa shape index (κ2) is 9.65. The van der Waals surface area contributed by atoms with Crippen molar-refractivity contribution < 1.29 is 9.84 Å². The second-order valence-corrected chi connectivity index (χ2v) is 7.13. The molecule has 1 atom stereocenters. The summed E-state index contributed by atoms with van der Waals surface area (Å²) < 4.78 is 5.85. The van der Waals surface area contributed by atoms with Crippen LogP contribution in [0, 0.1) is 0 Å². The van der Waals surface area contributed by atoms with Crippen LogP contribution in [0.25, 0.3) is 0 Å². The van der Waals surface area contributed by atoms with E-state index in [-0.39, 0.29) is 12.4 Å². The van der Waals surface area contributed by atoms with Crippen LogP contribution in [0.2, 0.25) is 0 Å². The quantitative estimate of drug-likeness (QED) is 0.804. The summed E-state index contributed by atoms with van der Waals surface area (Å²) >= 11 is 0. The van der Waals surface area contributed by atoms with Crippen LogP contribution in [0.5, 0.6) is 5.75 Å². The number of rotatable bonds is 7. The zero-order valence-electron chi connectivity index (χ0n) is 14.9. The first-order valence-corrected chi connectivity index (χ1v) is 9.43. The maximum atomic E-state index is 10.4. The zero-order valence-corrected chi connectivity index (χ0v) is 15.7. The number of aryl methyl sites for hydroxylation is 2. The maximum Gasteiger partial charge on any atom is 0.119 e. The van der Waals surface area contributed by atoms with E-state index in [4.69, 9.17) is 4.74 Å². The zero-order chi connectivity index (χ0) is 16.1. The lowest BCUT2D eigenvalue weighted by Gasteiger charge is -2.34. The largest absolute Gasteiger partial charge is 0.491 e. The Kier molecular flexibility index (Phi) is 7.86. The Bertz CT molecular complexity index is 502. The first kappa shape index (κ1) is 19.6. The van der Waals surface area contributed by atoms with Gasteiger partial charge in [0.2, 0.25) is 0 Å². The molecule has 0 aromatic heterocycles. The smallest absolute Gasteiger partial charge is 0.119 e. The molecule has 2 aliphatic carbocycles. The van der Waals surface area contributed by atoms with Gasteiger partial charge in [-0.25, -0.2) is 0 Å². The Balaban J connectivity index is 0.00000208. The van der Waals surface area contributed by atoms with Gasteiger partial charge in [0.1, 0.15) is 18.5 Å². The molecule has 0 bridgehead atoms. The number of fused-ring (bicyclic) bond motifs is 1. The van der Waals surface area contributed by atoms with E-state index in [0.717, 1.165) is 18.8 Å². The molecule has 0 saturated heterocycles. The molecule has 1 saturated carbocycles. The summed E-state index contributed by atoms with van der Waals surface area (Å²) in [5, 5.41) is 10.4. The average molecular weight is 354 g/mol. The maximum absolute atomic E-state index is 10.4. The highest BCUT2D eigenvalue weighted by molar-refractivity contribution is 5.85. The number of hydrogen-bond acceptors (Lipinski definition) is 3. The van der Waals surface area contributed by atoms with Gasteiger partial charge in [0.25, 0.3) is 0 Å². The summed E-state index contributed by atoms with van der Waals surface area (Å²) in [4.78, 5) is 2.44. The Morgan fingerprint density at radius 1 is 1.12 bits per heavy atom. The van der Waals surface area contributed by atoms with E-state index in [1.807, 2.05) is 0 Å². The monoisotopic (exact) mass is 353 g/mol. The first-order chi connectivity index (χ1) is 11.3. The number of ether oxygens (including phenoxy) is 1. The van der Waals surface area contributed by atoms with Crippen LogP contribution in [-0.4, -0.2) is 41.8 Å². The number of likely N-dealkylation sites (N-methyl/N-ethyl adjacent to an activating group) is 1. The van der Waals surface area contributed by atoms with E-state index in [9.17, 15) is 5.11 Å². The number of aliphatic hydroxyl groups is 1. The van der Waals surface area contributed by atoms with E-state index in [1.54, 1.807) is 0 Å². The van der Waals surface area contributed by atoms with Gasteiger partial charge in [-0.15, -0.1) is 12.4 Å². The normalized spacial score (nSPS) is 19.0. The predicted octanol–water partition coefficient (Wildman–Crippen LogP) is 3.99. The predicted molar refractivity (Wildman–Crippen MR) is 101 cm³/mol. The number of nitrogens with zero attached hydrogens (tertiary/aromatic N) is 1. The van der Waals surface area contributed by atoms with Crippen LogP contribution in [-0.2, 0) is 12.8 Å². The van der Waals surface area contributed by atoms with Gasteiger partial charge >= 0.3 is 0 Å². The van der Waals surface area contributed by atoms with Crippen LogP contribution in [0.3, 0.4) is 0 Å². The molecule has 4 heteroatoms. The van der Waals surface area contributed by atoms with Crippen LogP contribution in [0.1, 0.15) is 56.6 Å². The minimum absolute atomic E-state index is 0. The van der Waals surface area contributed by atoms with Gasteiger partial charge in [0, 0.05) is 12.6 Å². The Morgan fingerprint density at radius 2 is 1.88 bits per heavy atom. The molecule has 0 radical (unpaired) electrons. The van der Waals surface area contributed by atoms with Crippen LogP contribution >= 0.6 is 12.4 Å². The van der Waals surface area contributed by atoms with Crippen molar-refractivity contribution in [3.05, 3.63) is 29.3 Å². The first-order valence-electron chi connectivity index (χ1n) is 9.43. The van der Waals surface area contributed by atoms with Gasteiger partial charge < -0.3 is 9.84 Å². The SMILES string of the molecule is CCN(CC(O)COc1ccc2c(c1)CCC2)C1CCCCC1.Cl. The average Bonchev–Trinajstić information content (AvgIpc) is 3.06. The summed E-state index contributed by atoms with van der Waals surface area (Å²) in [7, 11) is 0. The summed E-state index contributed by atoms with van der Waals surface area (Å²) in [5.74, 6) is 0.908. The Morgan fingerprint density at radius 3 is 2.62 bits per heavy atom. The fraction of sp³-hybridized carbons (Fsp3) is 0.700. The van der Waals surface area contributed by atoms with Gasteiger partial charge in [0.15, 0.2) is 0 Å². The number of benzene rings is 1. The lowest BCUT2D eigenvalue weighted by molar-refractivity contribution is 0.0463. The number of aliphatic hydroxyl groups excluding tert-OH is 1. The van der Waals surface area contributed by atoms with E-state index in [2.05, 4.69) is 30.0 Å². The van der Waals surface area contributed by atoms with E-state index in [1.165, 1.54) is 62.5 Å². The summed E-state index contributed by atoms with van der Waals surface area (Å²) in [6.45, 7) is 4.33. The second-order valence-electron chi connectivity index (χ2n) is 7.13. The molecule has 3 nitrogen and oxygen atoms in total. The summed E-state index contributed by atoms with van der Waals surface area (Å²) in [6.07, 6.45) is 9.83. The van der Waals surface area contributed by atoms with Crippen molar-refractivity contribution in [2.75, 3.05) is 19.7 Å². The van der Waals surface area contributed by atoms with Crippen molar-refractivity contribution in [2.45, 2.75) is 70.4 Å². The van der Waals surface area contributed by atoms with Crippen molar-refractivity contribution in [1.29, 1.82) is 0 Å². The molecule has 1 aromatic rings. The molecule has 1 aromatic carbocycles. The Hall–Kier alpha value is -0.770. The van der Waals surface area contributed by atoms with Gasteiger partial charge in [0.05, 0.1) is 0 Å². The van der Waals surface area contributed by atoms with E-state index >= 15 is 0 Å². The minimum Gasteiger partial charge on any atom is -0.491 e. The molecule has 24 heavy (non-hydrogen) atoms. The molecule has 1 fully saturated rings. The van der Waals surface area contributed by atoms with Crippen molar-refractivity contribution in [3.8, 4) is 5.75 Å². The van der Waals surface area contributed by atoms with Crippen LogP contribution < -0.4 is 4.74 Å². The molecule has 0 heterocycles. The molecule has 0 aliphatic heterocycles. The molecule has 1 unspecified atom stereocenters. The van der Waals surface area contributed by atoms with Gasteiger partial charge in [-0.3, -0.25) is 4.90 Å². The molecule has 0 spiro atoms. The number of halogens is 1. The van der Waals surface area contributed by atoms with Gasteiger partial charge in [-0.2, -0.15) is 0 Å². The van der Waals surface area contributed by atoms with Gasteiger partial charge in [-0.05, 0) is 61.9 Å². The molecule has 1 N–H and O–H groups in total. The van der Waals surface area contributed by atoms with Crippen molar-refractivity contribution in [1.82, 2.24) is 4.90 Å². The highest BCUT2D eigenvalue weighted by Gasteiger charge is 2.22. The minimum atomic E-state index is -0.412. The molecule has 136 valence electrons. The lowest BCUT2D eigenvalue weighted by Crippen LogP contribution is -2.43. The van der Waals surface area contributed by atoms with Crippen LogP contribution in [0.4, 0.5) is 0 Å². The van der Waals surface area contributed by atoms with Gasteiger partial charge in [-0.1, -0.05) is 32.3 Å². The third-order valence-corrected chi connectivity index (χ3v) is 5.45. The van der Waals surface area contributed by atoms with Crippen molar-refractivity contribution in [2.24, 2.45) is 0 Å². The molecule has 2 aliphatic rings. The fourth-order valence-corrected chi connectivity index (χ4v) is 4.14. The third kappa shape index (κ3) is 5.11. The molecule has 0 amide bonds. The molecular formula is C20H32ClNO2. The third-order valence-electron chi connectivity index (χ3n) is 5.45. The van der Waals surface area contributed by atoms with Crippen molar-refractivity contribution >= 4 is 12.4 Å². The molecular weight excluding hydrogens is 322 g/mol. The lowest BCUT2D eigenvalue weighted by atomic mass is 9.94. The fourth-order valence-electron chi connectivity index (χ4n) is 4.14. The van der Waals surface area contributed by atoms with E-state index in [0.29, 0.717) is 12.6 Å². The highest BCUT2D eigenvalue weighted by Crippen LogP contribution is 2.26. The van der Waals surface area contributed by atoms with E-state index < -0.39 is 6.10 Å². The number of hydrogen-bond donors (Lipinski definition) is 1.